The van der Waals surface area contributed by atoms with Crippen LogP contribution in [0.2, 0.25) is 0 Å². The number of rotatable bonds is 5. The van der Waals surface area contributed by atoms with Crippen molar-refractivity contribution in [2.75, 3.05) is 6.54 Å². The molecule has 0 aliphatic carbocycles. The van der Waals surface area contributed by atoms with Crippen molar-refractivity contribution in [1.29, 1.82) is 0 Å². The van der Waals surface area contributed by atoms with Crippen LogP contribution in [0.15, 0.2) is 22.6 Å². The third-order valence-corrected chi connectivity index (χ3v) is 3.43. The first-order valence-electron chi connectivity index (χ1n) is 4.79. The molecular weight excluding hydrogens is 214 g/mol. The lowest BCUT2D eigenvalue weighted by Crippen LogP contribution is -2.15. The summed E-state index contributed by atoms with van der Waals surface area (Å²) in [7, 11) is 0. The molecule has 1 N–H and O–H groups in total. The molecule has 1 nitrogen and oxygen atoms in total. The lowest BCUT2D eigenvalue weighted by Gasteiger charge is -2.04. The second-order valence-electron chi connectivity index (χ2n) is 3.28. The van der Waals surface area contributed by atoms with Crippen molar-refractivity contribution in [2.45, 2.75) is 26.8 Å². The molecule has 0 aliphatic rings. The normalized spacial score (nSPS) is 12.1. The molecule has 0 amide bonds. The standard InChI is InChI=1S/C11H16ClNS/c1-3-10-4-5-14-11(10)8-13-7-9(2)6-12/h4-6,13H,3,7-8H2,1-2H3/b9-6+. The second-order valence-corrected chi connectivity index (χ2v) is 4.50. The topological polar surface area (TPSA) is 12.0 Å². The fourth-order valence-electron chi connectivity index (χ4n) is 1.25. The van der Waals surface area contributed by atoms with Crippen molar-refractivity contribution < 1.29 is 0 Å². The Bertz CT molecular complexity index is 304. The summed E-state index contributed by atoms with van der Waals surface area (Å²) >= 11 is 7.39. The van der Waals surface area contributed by atoms with Gasteiger partial charge in [0.1, 0.15) is 0 Å². The lowest BCUT2D eigenvalue weighted by molar-refractivity contribution is 0.744. The van der Waals surface area contributed by atoms with Gasteiger partial charge in [0.25, 0.3) is 0 Å². The highest BCUT2D eigenvalue weighted by Crippen LogP contribution is 2.16. The zero-order valence-corrected chi connectivity index (χ0v) is 10.2. The molecule has 0 saturated heterocycles. The molecule has 0 aromatic carbocycles. The van der Waals surface area contributed by atoms with Crippen LogP contribution in [0, 0.1) is 0 Å². The number of hydrogen-bond donors (Lipinski definition) is 1. The van der Waals surface area contributed by atoms with Crippen molar-refractivity contribution in [3.8, 4) is 0 Å². The van der Waals surface area contributed by atoms with E-state index in [1.165, 1.54) is 16.0 Å². The Kier molecular flexibility index (Phi) is 5.23. The number of nitrogens with one attached hydrogen (secondary N) is 1. The van der Waals surface area contributed by atoms with E-state index < -0.39 is 0 Å². The number of hydrogen-bond acceptors (Lipinski definition) is 2. The summed E-state index contributed by atoms with van der Waals surface area (Å²) in [5.41, 5.74) is 4.25. The maximum absolute atomic E-state index is 5.57. The predicted octanol–water partition coefficient (Wildman–Crippen LogP) is 3.54. The summed E-state index contributed by atoms with van der Waals surface area (Å²) in [5.74, 6) is 0. The van der Waals surface area contributed by atoms with Gasteiger partial charge in [0.2, 0.25) is 0 Å². The quantitative estimate of drug-likeness (QED) is 0.815. The van der Waals surface area contributed by atoms with Crippen LogP contribution in [0.3, 0.4) is 0 Å². The molecule has 14 heavy (non-hydrogen) atoms. The van der Waals surface area contributed by atoms with Gasteiger partial charge in [-0.15, -0.1) is 11.3 Å². The Balaban J connectivity index is 2.38. The molecule has 1 aromatic rings. The van der Waals surface area contributed by atoms with Crippen LogP contribution in [0.4, 0.5) is 0 Å². The molecule has 1 rings (SSSR count). The molecule has 0 radical (unpaired) electrons. The summed E-state index contributed by atoms with van der Waals surface area (Å²) in [6.45, 7) is 6.03. The van der Waals surface area contributed by atoms with Crippen LogP contribution in [-0.4, -0.2) is 6.54 Å². The van der Waals surface area contributed by atoms with Gasteiger partial charge in [-0.25, -0.2) is 0 Å². The number of thiophene rings is 1. The Labute approximate surface area is 94.8 Å². The van der Waals surface area contributed by atoms with Crippen LogP contribution in [-0.2, 0) is 13.0 Å². The fourth-order valence-corrected chi connectivity index (χ4v) is 2.27. The minimum Gasteiger partial charge on any atom is -0.308 e. The van der Waals surface area contributed by atoms with E-state index in [0.29, 0.717) is 0 Å². The van der Waals surface area contributed by atoms with E-state index in [9.17, 15) is 0 Å². The minimum atomic E-state index is 0.866. The highest BCUT2D eigenvalue weighted by molar-refractivity contribution is 7.10. The SMILES string of the molecule is CCc1ccsc1CNC/C(C)=C/Cl. The van der Waals surface area contributed by atoms with Crippen molar-refractivity contribution in [2.24, 2.45) is 0 Å². The molecule has 0 fully saturated rings. The molecule has 0 atom stereocenters. The molecule has 1 aromatic heterocycles. The number of aryl methyl sites for hydroxylation is 1. The van der Waals surface area contributed by atoms with Crippen molar-refractivity contribution >= 4 is 22.9 Å². The zero-order valence-electron chi connectivity index (χ0n) is 8.64. The van der Waals surface area contributed by atoms with Crippen molar-refractivity contribution in [1.82, 2.24) is 5.32 Å². The van der Waals surface area contributed by atoms with Gasteiger partial charge in [-0.05, 0) is 35.9 Å². The summed E-state index contributed by atoms with van der Waals surface area (Å²) in [6.07, 6.45) is 1.12. The van der Waals surface area contributed by atoms with Crippen LogP contribution in [0.1, 0.15) is 24.3 Å². The molecule has 0 bridgehead atoms. The molecule has 0 unspecified atom stereocenters. The van der Waals surface area contributed by atoms with E-state index in [0.717, 1.165) is 19.5 Å². The van der Waals surface area contributed by atoms with E-state index in [-0.39, 0.29) is 0 Å². The molecule has 0 saturated carbocycles. The van der Waals surface area contributed by atoms with E-state index in [2.05, 4.69) is 23.7 Å². The Morgan fingerprint density at radius 1 is 1.64 bits per heavy atom. The second kappa shape index (κ2) is 6.23. The first-order chi connectivity index (χ1) is 6.77. The smallest absolute Gasteiger partial charge is 0.0305 e. The first kappa shape index (κ1) is 11.8. The summed E-state index contributed by atoms with van der Waals surface area (Å²) in [5, 5.41) is 5.52. The average Bonchev–Trinajstić information content (AvgIpc) is 2.65. The van der Waals surface area contributed by atoms with Gasteiger partial charge in [-0.2, -0.15) is 0 Å². The Hall–Kier alpha value is -0.310. The summed E-state index contributed by atoms with van der Waals surface area (Å²) in [6, 6.07) is 2.20. The molecule has 0 aliphatic heterocycles. The molecular formula is C11H16ClNS. The molecule has 0 spiro atoms. The van der Waals surface area contributed by atoms with Gasteiger partial charge >= 0.3 is 0 Å². The third-order valence-electron chi connectivity index (χ3n) is 2.09. The minimum absolute atomic E-state index is 0.866. The first-order valence-corrected chi connectivity index (χ1v) is 6.11. The van der Waals surface area contributed by atoms with Gasteiger partial charge in [0.05, 0.1) is 0 Å². The van der Waals surface area contributed by atoms with E-state index >= 15 is 0 Å². The maximum Gasteiger partial charge on any atom is 0.0305 e. The lowest BCUT2D eigenvalue weighted by atomic mass is 10.2. The van der Waals surface area contributed by atoms with Gasteiger partial charge in [-0.1, -0.05) is 18.5 Å². The van der Waals surface area contributed by atoms with Crippen LogP contribution in [0.5, 0.6) is 0 Å². The molecule has 78 valence electrons. The molecule has 3 heteroatoms. The van der Waals surface area contributed by atoms with Crippen molar-refractivity contribution in [3.63, 3.8) is 0 Å². The predicted molar refractivity (Wildman–Crippen MR) is 65.0 cm³/mol. The highest BCUT2D eigenvalue weighted by atomic mass is 35.5. The fraction of sp³-hybridized carbons (Fsp3) is 0.455. The Morgan fingerprint density at radius 2 is 2.43 bits per heavy atom. The molecule has 1 heterocycles. The third kappa shape index (κ3) is 3.45. The largest absolute Gasteiger partial charge is 0.308 e. The van der Waals surface area contributed by atoms with E-state index in [1.54, 1.807) is 5.54 Å². The maximum atomic E-state index is 5.57. The van der Waals surface area contributed by atoms with E-state index in [4.69, 9.17) is 11.6 Å². The van der Waals surface area contributed by atoms with Crippen LogP contribution < -0.4 is 5.32 Å². The number of halogens is 1. The van der Waals surface area contributed by atoms with Crippen LogP contribution in [0.25, 0.3) is 0 Å². The van der Waals surface area contributed by atoms with Gasteiger partial charge in [0, 0.05) is 23.5 Å². The highest BCUT2D eigenvalue weighted by Gasteiger charge is 2.01. The van der Waals surface area contributed by atoms with Gasteiger partial charge < -0.3 is 5.32 Å². The summed E-state index contributed by atoms with van der Waals surface area (Å²) in [4.78, 5) is 1.44. The van der Waals surface area contributed by atoms with Crippen LogP contribution >= 0.6 is 22.9 Å². The van der Waals surface area contributed by atoms with Gasteiger partial charge in [0.15, 0.2) is 0 Å². The Morgan fingerprint density at radius 3 is 3.07 bits per heavy atom. The van der Waals surface area contributed by atoms with Gasteiger partial charge in [-0.3, -0.25) is 0 Å². The average molecular weight is 230 g/mol. The van der Waals surface area contributed by atoms with Crippen molar-refractivity contribution in [3.05, 3.63) is 33.0 Å². The zero-order chi connectivity index (χ0) is 10.4. The monoisotopic (exact) mass is 229 g/mol. The van der Waals surface area contributed by atoms with E-state index in [1.807, 2.05) is 18.3 Å². The summed E-state index contributed by atoms with van der Waals surface area (Å²) < 4.78 is 0.